The van der Waals surface area contributed by atoms with Crippen LogP contribution in [-0.2, 0) is 0 Å². The molecule has 0 amide bonds. The number of hydrogen-bond acceptors (Lipinski definition) is 3. The summed E-state index contributed by atoms with van der Waals surface area (Å²) in [6.07, 6.45) is 5.07. The van der Waals surface area contributed by atoms with Gasteiger partial charge in [-0.25, -0.2) is 0 Å². The van der Waals surface area contributed by atoms with E-state index in [1.54, 1.807) is 0 Å². The van der Waals surface area contributed by atoms with Crippen LogP contribution in [0.1, 0.15) is 0 Å². The first-order valence-electron chi connectivity index (χ1n) is 3.54. The van der Waals surface area contributed by atoms with E-state index in [-0.39, 0.29) is 6.73 Å². The number of anilines is 2. The van der Waals surface area contributed by atoms with E-state index in [1.165, 1.54) is 0 Å². The molecule has 1 rings (SSSR count). The Labute approximate surface area is 71.4 Å². The van der Waals surface area contributed by atoms with E-state index in [9.17, 15) is 0 Å². The van der Waals surface area contributed by atoms with Crippen molar-refractivity contribution in [2.75, 3.05) is 17.4 Å². The number of benzene rings is 1. The van der Waals surface area contributed by atoms with Crippen LogP contribution in [-0.4, -0.2) is 11.8 Å². The molecule has 3 N–H and O–H groups in total. The summed E-state index contributed by atoms with van der Waals surface area (Å²) in [6, 6.07) is 9.70. The van der Waals surface area contributed by atoms with Crippen LogP contribution >= 0.6 is 0 Å². The maximum absolute atomic E-state index is 8.62. The van der Waals surface area contributed by atoms with Crippen LogP contribution in [0.25, 0.3) is 0 Å². The van der Waals surface area contributed by atoms with Gasteiger partial charge < -0.3 is 15.7 Å². The zero-order valence-electron chi connectivity index (χ0n) is 6.54. The summed E-state index contributed by atoms with van der Waals surface area (Å²) >= 11 is 0. The van der Waals surface area contributed by atoms with Gasteiger partial charge in [0.1, 0.15) is 6.73 Å². The minimum atomic E-state index is -0.108. The van der Waals surface area contributed by atoms with Crippen molar-refractivity contribution in [3.8, 4) is 12.5 Å². The lowest BCUT2D eigenvalue weighted by Gasteiger charge is -2.07. The van der Waals surface area contributed by atoms with Gasteiger partial charge in [-0.3, -0.25) is 0 Å². The SMILES string of the molecule is C#CNc1ccccc1NCO. The third kappa shape index (κ3) is 1.91. The first-order chi connectivity index (χ1) is 5.88. The second-order valence-corrected chi connectivity index (χ2v) is 2.15. The Hall–Kier alpha value is -1.66. The van der Waals surface area contributed by atoms with Crippen LogP contribution < -0.4 is 10.6 Å². The zero-order valence-corrected chi connectivity index (χ0v) is 6.54. The molecule has 0 saturated carbocycles. The molecule has 0 atom stereocenters. The van der Waals surface area contributed by atoms with Gasteiger partial charge in [-0.05, 0) is 12.1 Å². The normalized spacial score (nSPS) is 8.67. The van der Waals surface area contributed by atoms with Crippen molar-refractivity contribution < 1.29 is 5.11 Å². The standard InChI is InChI=1S/C9H10N2O/c1-2-10-8-5-3-4-6-9(8)11-7-12/h1,3-6,10-12H,7H2. The Kier molecular flexibility index (Phi) is 3.00. The summed E-state index contributed by atoms with van der Waals surface area (Å²) in [6.45, 7) is -0.108. The van der Waals surface area contributed by atoms with Crippen molar-refractivity contribution in [3.05, 3.63) is 24.3 Å². The fourth-order valence-electron chi connectivity index (χ4n) is 0.909. The molecule has 0 aliphatic heterocycles. The predicted octanol–water partition coefficient (Wildman–Crippen LogP) is 1.05. The van der Waals surface area contributed by atoms with E-state index in [1.807, 2.05) is 24.3 Å². The van der Waals surface area contributed by atoms with Crippen LogP contribution in [0.4, 0.5) is 11.4 Å². The molecule has 0 saturated heterocycles. The van der Waals surface area contributed by atoms with Crippen molar-refractivity contribution in [1.29, 1.82) is 0 Å². The fourth-order valence-corrected chi connectivity index (χ4v) is 0.909. The highest BCUT2D eigenvalue weighted by Crippen LogP contribution is 2.19. The fraction of sp³-hybridized carbons (Fsp3) is 0.111. The molecule has 0 unspecified atom stereocenters. The van der Waals surface area contributed by atoms with E-state index in [0.717, 1.165) is 11.4 Å². The summed E-state index contributed by atoms with van der Waals surface area (Å²) in [7, 11) is 0. The number of terminal acetylenes is 1. The average Bonchev–Trinajstić information content (AvgIpc) is 2.09. The minimum absolute atomic E-state index is 0.108. The summed E-state index contributed by atoms with van der Waals surface area (Å²) in [5, 5.41) is 14.1. The topological polar surface area (TPSA) is 44.3 Å². The van der Waals surface area contributed by atoms with Crippen LogP contribution in [0.15, 0.2) is 24.3 Å². The van der Waals surface area contributed by atoms with Gasteiger partial charge in [0, 0.05) is 6.04 Å². The lowest BCUT2D eigenvalue weighted by atomic mass is 10.2. The van der Waals surface area contributed by atoms with Crippen LogP contribution in [0, 0.1) is 12.5 Å². The zero-order chi connectivity index (χ0) is 8.81. The van der Waals surface area contributed by atoms with Crippen LogP contribution in [0.2, 0.25) is 0 Å². The van der Waals surface area contributed by atoms with Gasteiger partial charge in [0.15, 0.2) is 0 Å². The third-order valence-electron chi connectivity index (χ3n) is 1.40. The molecule has 3 nitrogen and oxygen atoms in total. The van der Waals surface area contributed by atoms with Gasteiger partial charge in [0.05, 0.1) is 11.4 Å². The molecule has 0 spiro atoms. The number of hydrogen-bond donors (Lipinski definition) is 3. The first kappa shape index (κ1) is 8.44. The molecule has 0 aliphatic rings. The molecule has 0 radical (unpaired) electrons. The van der Waals surface area contributed by atoms with Gasteiger partial charge in [0.2, 0.25) is 0 Å². The molecule has 0 bridgehead atoms. The Morgan fingerprint density at radius 1 is 1.33 bits per heavy atom. The largest absolute Gasteiger partial charge is 0.377 e. The third-order valence-corrected chi connectivity index (χ3v) is 1.40. The molecule has 12 heavy (non-hydrogen) atoms. The predicted molar refractivity (Wildman–Crippen MR) is 49.6 cm³/mol. The highest BCUT2D eigenvalue weighted by Gasteiger charge is 1.96. The Bertz CT molecular complexity index is 291. The van der Waals surface area contributed by atoms with Crippen LogP contribution in [0.3, 0.4) is 0 Å². The smallest absolute Gasteiger partial charge is 0.113 e. The molecule has 1 aromatic carbocycles. The molecule has 0 aromatic heterocycles. The highest BCUT2D eigenvalue weighted by atomic mass is 16.3. The van der Waals surface area contributed by atoms with Gasteiger partial charge in [0.25, 0.3) is 0 Å². The second-order valence-electron chi connectivity index (χ2n) is 2.15. The molecular weight excluding hydrogens is 152 g/mol. The molecule has 1 aromatic rings. The van der Waals surface area contributed by atoms with Gasteiger partial charge >= 0.3 is 0 Å². The summed E-state index contributed by atoms with van der Waals surface area (Å²) in [5.41, 5.74) is 1.58. The molecule has 62 valence electrons. The van der Waals surface area contributed by atoms with Gasteiger partial charge in [-0.1, -0.05) is 18.6 Å². The Morgan fingerprint density at radius 3 is 2.58 bits per heavy atom. The van der Waals surface area contributed by atoms with Crippen molar-refractivity contribution in [1.82, 2.24) is 0 Å². The Balaban J connectivity index is 2.85. The lowest BCUT2D eigenvalue weighted by molar-refractivity contribution is 0.326. The number of para-hydroxylation sites is 2. The lowest BCUT2D eigenvalue weighted by Crippen LogP contribution is -2.02. The van der Waals surface area contributed by atoms with Crippen molar-refractivity contribution in [2.45, 2.75) is 0 Å². The average molecular weight is 162 g/mol. The summed E-state index contributed by atoms with van der Waals surface area (Å²) in [4.78, 5) is 0. The number of aliphatic hydroxyl groups is 1. The molecular formula is C9H10N2O. The number of aliphatic hydroxyl groups excluding tert-OH is 1. The minimum Gasteiger partial charge on any atom is -0.377 e. The van der Waals surface area contributed by atoms with E-state index in [4.69, 9.17) is 11.5 Å². The van der Waals surface area contributed by atoms with E-state index in [2.05, 4.69) is 16.7 Å². The van der Waals surface area contributed by atoms with Crippen molar-refractivity contribution in [3.63, 3.8) is 0 Å². The highest BCUT2D eigenvalue weighted by molar-refractivity contribution is 5.70. The van der Waals surface area contributed by atoms with E-state index >= 15 is 0 Å². The van der Waals surface area contributed by atoms with Gasteiger partial charge in [-0.2, -0.15) is 0 Å². The number of nitrogens with one attached hydrogen (secondary N) is 2. The van der Waals surface area contributed by atoms with Gasteiger partial charge in [-0.15, -0.1) is 0 Å². The monoisotopic (exact) mass is 162 g/mol. The number of rotatable bonds is 3. The Morgan fingerprint density at radius 2 is 2.00 bits per heavy atom. The molecule has 0 aliphatic carbocycles. The summed E-state index contributed by atoms with van der Waals surface area (Å²) in [5.74, 6) is 0. The summed E-state index contributed by atoms with van der Waals surface area (Å²) < 4.78 is 0. The molecule has 3 heteroatoms. The van der Waals surface area contributed by atoms with Crippen molar-refractivity contribution >= 4 is 11.4 Å². The maximum atomic E-state index is 8.62. The second kappa shape index (κ2) is 4.27. The van der Waals surface area contributed by atoms with E-state index < -0.39 is 0 Å². The quantitative estimate of drug-likeness (QED) is 0.353. The molecule has 0 heterocycles. The molecule has 0 fully saturated rings. The van der Waals surface area contributed by atoms with Crippen LogP contribution in [0.5, 0.6) is 0 Å². The first-order valence-corrected chi connectivity index (χ1v) is 3.54. The maximum Gasteiger partial charge on any atom is 0.113 e. The van der Waals surface area contributed by atoms with Crippen molar-refractivity contribution in [2.24, 2.45) is 0 Å². The van der Waals surface area contributed by atoms with E-state index in [0.29, 0.717) is 0 Å².